The van der Waals surface area contributed by atoms with Crippen LogP contribution in [-0.2, 0) is 15.4 Å². The van der Waals surface area contributed by atoms with Crippen molar-refractivity contribution in [1.82, 2.24) is 0 Å². The molecule has 4 aromatic carbocycles. The highest BCUT2D eigenvalue weighted by atomic mass is 32.2. The van der Waals surface area contributed by atoms with Crippen LogP contribution in [-0.4, -0.2) is 14.2 Å². The molecule has 0 amide bonds. The van der Waals surface area contributed by atoms with Gasteiger partial charge < -0.3 is 4.42 Å². The summed E-state index contributed by atoms with van der Waals surface area (Å²) in [4.78, 5) is 25.9. The van der Waals surface area contributed by atoms with Crippen LogP contribution in [0.25, 0.3) is 21.7 Å². The van der Waals surface area contributed by atoms with E-state index in [0.29, 0.717) is 16.7 Å². The van der Waals surface area contributed by atoms with E-state index in [1.54, 1.807) is 36.4 Å². The second-order valence-electron chi connectivity index (χ2n) is 9.93. The summed E-state index contributed by atoms with van der Waals surface area (Å²) in [5.41, 5.74) is 1.07. The highest BCUT2D eigenvalue weighted by Crippen LogP contribution is 2.27. The van der Waals surface area contributed by atoms with Crippen LogP contribution in [0.1, 0.15) is 42.3 Å². The van der Waals surface area contributed by atoms with Gasteiger partial charge in [-0.3, -0.25) is 9.52 Å². The smallest absolute Gasteiger partial charge is 0.347 e. The van der Waals surface area contributed by atoms with Crippen LogP contribution in [0, 0.1) is 0 Å². The number of benzene rings is 4. The van der Waals surface area contributed by atoms with Crippen LogP contribution >= 0.6 is 0 Å². The molecule has 0 unspecified atom stereocenters. The quantitative estimate of drug-likeness (QED) is 0.170. The summed E-state index contributed by atoms with van der Waals surface area (Å²) in [6.45, 7) is 6.17. The van der Waals surface area contributed by atoms with Crippen molar-refractivity contribution >= 4 is 43.2 Å². The lowest BCUT2D eigenvalue weighted by Gasteiger charge is -2.19. The van der Waals surface area contributed by atoms with E-state index in [0.717, 1.165) is 16.3 Å². The number of fused-ring (bicyclic) bond motifs is 3. The number of carbonyl (C=O) groups excluding carboxylic acids is 1. The first-order chi connectivity index (χ1) is 17.5. The van der Waals surface area contributed by atoms with E-state index in [1.807, 2.05) is 30.3 Å². The molecule has 186 valence electrons. The van der Waals surface area contributed by atoms with Crippen LogP contribution in [0.3, 0.4) is 0 Å². The van der Waals surface area contributed by atoms with Gasteiger partial charge in [0.15, 0.2) is 5.78 Å². The molecule has 6 nitrogen and oxygen atoms in total. The SMILES string of the molecule is CC(C)(C)c1ccc(S(=O)(=O)Nc2ccc(C(=O)c3cc4c(ccc5ccccc54)oc3=O)cc2)cc1. The van der Waals surface area contributed by atoms with Crippen LogP contribution in [0.5, 0.6) is 0 Å². The number of ketones is 1. The van der Waals surface area contributed by atoms with Crippen molar-refractivity contribution < 1.29 is 17.6 Å². The molecule has 0 aliphatic rings. The largest absolute Gasteiger partial charge is 0.422 e. The Morgan fingerprint density at radius 3 is 2.16 bits per heavy atom. The fourth-order valence-electron chi connectivity index (χ4n) is 4.22. The Morgan fingerprint density at radius 2 is 1.49 bits per heavy atom. The zero-order chi connectivity index (χ0) is 26.4. The number of anilines is 1. The van der Waals surface area contributed by atoms with E-state index in [4.69, 9.17) is 4.42 Å². The minimum absolute atomic E-state index is 0.0869. The Kier molecular flexibility index (Phi) is 5.96. The highest BCUT2D eigenvalue weighted by Gasteiger charge is 2.19. The van der Waals surface area contributed by atoms with Crippen molar-refractivity contribution in [3.05, 3.63) is 118 Å². The zero-order valence-corrected chi connectivity index (χ0v) is 21.4. The van der Waals surface area contributed by atoms with Gasteiger partial charge in [-0.15, -0.1) is 0 Å². The van der Waals surface area contributed by atoms with E-state index in [9.17, 15) is 18.0 Å². The molecule has 5 rings (SSSR count). The number of sulfonamides is 1. The molecular formula is C30H25NO5S. The maximum atomic E-state index is 13.2. The van der Waals surface area contributed by atoms with Crippen molar-refractivity contribution in [3.8, 4) is 0 Å². The Labute approximate surface area is 214 Å². The first kappa shape index (κ1) is 24.5. The van der Waals surface area contributed by atoms with Gasteiger partial charge in [0, 0.05) is 16.6 Å². The molecule has 1 N–H and O–H groups in total. The Hall–Kier alpha value is -4.23. The molecule has 0 aliphatic carbocycles. The number of nitrogens with one attached hydrogen (secondary N) is 1. The third kappa shape index (κ3) is 4.78. The fourth-order valence-corrected chi connectivity index (χ4v) is 5.28. The molecule has 7 heteroatoms. The number of hydrogen-bond donors (Lipinski definition) is 1. The first-order valence-electron chi connectivity index (χ1n) is 11.8. The Bertz CT molecular complexity index is 1810. The standard InChI is InChI=1S/C30H25NO5S/c1-30(2,3)21-11-15-23(16-12-21)37(34,35)31-22-13-8-20(9-14-22)28(32)26-18-25-24-7-5-4-6-19(24)10-17-27(25)36-29(26)33/h4-18,31H,1-3H3. The minimum atomic E-state index is -3.81. The number of carbonyl (C=O) groups is 1. The van der Waals surface area contributed by atoms with Crippen LogP contribution in [0.15, 0.2) is 105 Å². The van der Waals surface area contributed by atoms with Crippen molar-refractivity contribution in [2.45, 2.75) is 31.1 Å². The molecule has 0 saturated carbocycles. The van der Waals surface area contributed by atoms with Crippen LogP contribution in [0.2, 0.25) is 0 Å². The van der Waals surface area contributed by atoms with Crippen LogP contribution in [0.4, 0.5) is 5.69 Å². The lowest BCUT2D eigenvalue weighted by Crippen LogP contribution is -2.16. The lowest BCUT2D eigenvalue weighted by molar-refractivity contribution is 0.103. The molecule has 0 fully saturated rings. The van der Waals surface area contributed by atoms with Gasteiger partial charge in [-0.1, -0.05) is 63.2 Å². The molecule has 0 aliphatic heterocycles. The maximum absolute atomic E-state index is 13.2. The van der Waals surface area contributed by atoms with E-state index >= 15 is 0 Å². The summed E-state index contributed by atoms with van der Waals surface area (Å²) in [5.74, 6) is -0.504. The molecule has 1 aromatic heterocycles. The number of hydrogen-bond acceptors (Lipinski definition) is 5. The van der Waals surface area contributed by atoms with Gasteiger partial charge in [-0.25, -0.2) is 13.2 Å². The topological polar surface area (TPSA) is 93.4 Å². The van der Waals surface area contributed by atoms with Gasteiger partial charge in [0.2, 0.25) is 0 Å². The average molecular weight is 512 g/mol. The molecule has 0 radical (unpaired) electrons. The zero-order valence-electron chi connectivity index (χ0n) is 20.6. The Morgan fingerprint density at radius 1 is 0.811 bits per heavy atom. The van der Waals surface area contributed by atoms with E-state index in [1.165, 1.54) is 24.3 Å². The normalized spacial score (nSPS) is 12.1. The molecule has 0 spiro atoms. The molecular weight excluding hydrogens is 486 g/mol. The first-order valence-corrected chi connectivity index (χ1v) is 13.2. The summed E-state index contributed by atoms with van der Waals surface area (Å²) in [7, 11) is -3.81. The molecule has 37 heavy (non-hydrogen) atoms. The second kappa shape index (κ2) is 9.01. The van der Waals surface area contributed by atoms with Gasteiger partial charge in [0.05, 0.1) is 4.90 Å². The van der Waals surface area contributed by atoms with Crippen molar-refractivity contribution in [2.75, 3.05) is 4.72 Å². The lowest BCUT2D eigenvalue weighted by atomic mass is 9.87. The second-order valence-corrected chi connectivity index (χ2v) is 11.6. The van der Waals surface area contributed by atoms with Gasteiger partial charge in [-0.05, 0) is 70.3 Å². The minimum Gasteiger partial charge on any atom is -0.422 e. The Balaban J connectivity index is 1.41. The van der Waals surface area contributed by atoms with Gasteiger partial charge in [-0.2, -0.15) is 0 Å². The summed E-state index contributed by atoms with van der Waals surface area (Å²) < 4.78 is 33.7. The predicted octanol–water partition coefficient (Wildman–Crippen LogP) is 6.28. The van der Waals surface area contributed by atoms with Gasteiger partial charge in [0.25, 0.3) is 10.0 Å². The molecule has 5 aromatic rings. The monoisotopic (exact) mass is 511 g/mol. The van der Waals surface area contributed by atoms with Gasteiger partial charge >= 0.3 is 5.63 Å². The van der Waals surface area contributed by atoms with E-state index in [2.05, 4.69) is 25.5 Å². The average Bonchev–Trinajstić information content (AvgIpc) is 2.87. The van der Waals surface area contributed by atoms with Crippen molar-refractivity contribution in [3.63, 3.8) is 0 Å². The summed E-state index contributed by atoms with van der Waals surface area (Å²) in [6.07, 6.45) is 0. The maximum Gasteiger partial charge on any atom is 0.347 e. The third-order valence-corrected chi connectivity index (χ3v) is 7.71. The predicted molar refractivity (Wildman–Crippen MR) is 146 cm³/mol. The third-order valence-electron chi connectivity index (χ3n) is 6.32. The molecule has 1 heterocycles. The summed E-state index contributed by atoms with van der Waals surface area (Å²) in [6, 6.07) is 25.5. The molecule has 0 bridgehead atoms. The molecule has 0 saturated heterocycles. The van der Waals surface area contributed by atoms with Crippen LogP contribution < -0.4 is 10.3 Å². The van der Waals surface area contributed by atoms with Crippen molar-refractivity contribution in [2.24, 2.45) is 0 Å². The summed E-state index contributed by atoms with van der Waals surface area (Å²) >= 11 is 0. The van der Waals surface area contributed by atoms with E-state index in [-0.39, 0.29) is 21.4 Å². The van der Waals surface area contributed by atoms with Gasteiger partial charge in [0.1, 0.15) is 11.1 Å². The van der Waals surface area contributed by atoms with Crippen molar-refractivity contribution in [1.29, 1.82) is 0 Å². The molecule has 0 atom stereocenters. The fraction of sp³-hybridized carbons (Fsp3) is 0.133. The number of rotatable bonds is 5. The highest BCUT2D eigenvalue weighted by molar-refractivity contribution is 7.92. The van der Waals surface area contributed by atoms with E-state index < -0.39 is 21.4 Å². The summed E-state index contributed by atoms with van der Waals surface area (Å²) in [5, 5.41) is 2.51.